The van der Waals surface area contributed by atoms with Gasteiger partial charge < -0.3 is 19.6 Å². The van der Waals surface area contributed by atoms with Crippen LogP contribution in [0.3, 0.4) is 0 Å². The quantitative estimate of drug-likeness (QED) is 0.592. The number of hydrogen-bond donors (Lipinski definition) is 2. The summed E-state index contributed by atoms with van der Waals surface area (Å²) >= 11 is 7.31. The molecule has 1 saturated heterocycles. The highest BCUT2D eigenvalue weighted by atomic mass is 35.5. The molecule has 2 N–H and O–H groups in total. The molecule has 0 unspecified atom stereocenters. The fourth-order valence-electron chi connectivity index (χ4n) is 3.40. The summed E-state index contributed by atoms with van der Waals surface area (Å²) in [4.78, 5) is 26.9. The molecule has 1 aliphatic heterocycles. The number of carboxylic acids is 1. The normalized spacial score (nSPS) is 14.9. The van der Waals surface area contributed by atoms with Crippen molar-refractivity contribution in [3.8, 4) is 10.6 Å². The van der Waals surface area contributed by atoms with Crippen molar-refractivity contribution in [3.63, 3.8) is 0 Å². The Hall–Kier alpha value is -2.69. The van der Waals surface area contributed by atoms with Crippen LogP contribution in [0.25, 0.3) is 10.6 Å². The Balaban J connectivity index is 1.56. The van der Waals surface area contributed by atoms with Crippen LogP contribution < -0.4 is 0 Å². The number of nitrogens with zero attached hydrogens (tertiary/aromatic N) is 4. The summed E-state index contributed by atoms with van der Waals surface area (Å²) < 4.78 is 7.32. The van der Waals surface area contributed by atoms with E-state index < -0.39 is 5.97 Å². The molecule has 11 heteroatoms. The predicted octanol–water partition coefficient (Wildman–Crippen LogP) is 2.84. The zero-order chi connectivity index (χ0) is 21.3. The first-order valence-corrected chi connectivity index (χ1v) is 10.6. The van der Waals surface area contributed by atoms with Gasteiger partial charge in [-0.05, 0) is 30.9 Å². The monoisotopic (exact) mass is 450 g/mol. The van der Waals surface area contributed by atoms with Crippen molar-refractivity contribution < 1.29 is 24.3 Å². The lowest BCUT2D eigenvalue weighted by atomic mass is 9.98. The summed E-state index contributed by atoms with van der Waals surface area (Å²) in [6.07, 6.45) is 1.41. The number of halogens is 1. The van der Waals surface area contributed by atoms with Crippen LogP contribution in [-0.2, 0) is 6.54 Å². The topological polar surface area (TPSA) is 122 Å². The number of carbonyl (C=O) groups is 2. The molecule has 1 aliphatic rings. The van der Waals surface area contributed by atoms with Gasteiger partial charge >= 0.3 is 5.97 Å². The number of likely N-dealkylation sites (tertiary alicyclic amines) is 1. The minimum atomic E-state index is -1.21. The number of carboxylic acid groups (broad SMARTS) is 1. The van der Waals surface area contributed by atoms with Crippen LogP contribution in [-0.4, -0.2) is 61.6 Å². The van der Waals surface area contributed by atoms with Gasteiger partial charge in [0.1, 0.15) is 11.4 Å². The second-order valence-corrected chi connectivity index (χ2v) is 8.80. The third kappa shape index (κ3) is 4.25. The van der Waals surface area contributed by atoms with Crippen LogP contribution in [0.15, 0.2) is 28.8 Å². The second-order valence-electron chi connectivity index (χ2n) is 7.08. The highest BCUT2D eigenvalue weighted by molar-refractivity contribution is 7.19. The molecule has 3 aromatic rings. The van der Waals surface area contributed by atoms with Crippen molar-refractivity contribution in [2.75, 3.05) is 19.7 Å². The highest BCUT2D eigenvalue weighted by Crippen LogP contribution is 2.31. The van der Waals surface area contributed by atoms with E-state index >= 15 is 0 Å². The van der Waals surface area contributed by atoms with E-state index in [9.17, 15) is 19.8 Å². The number of hydrogen-bond acceptors (Lipinski definition) is 7. The van der Waals surface area contributed by atoms with Gasteiger partial charge in [-0.3, -0.25) is 9.48 Å². The number of aromatic nitrogens is 3. The zero-order valence-corrected chi connectivity index (χ0v) is 17.4. The summed E-state index contributed by atoms with van der Waals surface area (Å²) in [5, 5.41) is 26.7. The van der Waals surface area contributed by atoms with Crippen LogP contribution in [0.4, 0.5) is 0 Å². The average Bonchev–Trinajstić information content (AvgIpc) is 3.48. The molecule has 1 fully saturated rings. The maximum absolute atomic E-state index is 13.0. The Bertz CT molecular complexity index is 1070. The molecule has 0 bridgehead atoms. The molecule has 4 heterocycles. The summed E-state index contributed by atoms with van der Waals surface area (Å²) in [5.74, 6) is -0.782. The van der Waals surface area contributed by atoms with Gasteiger partial charge in [0, 0.05) is 31.8 Å². The maximum atomic E-state index is 13.0. The molecular weight excluding hydrogens is 432 g/mol. The third-order valence-corrected chi connectivity index (χ3v) is 6.31. The van der Waals surface area contributed by atoms with Gasteiger partial charge in [0.25, 0.3) is 5.91 Å². The fourth-order valence-corrected chi connectivity index (χ4v) is 4.39. The zero-order valence-electron chi connectivity index (χ0n) is 15.8. The Morgan fingerprint density at radius 1 is 1.27 bits per heavy atom. The van der Waals surface area contributed by atoms with Crippen LogP contribution >= 0.6 is 22.9 Å². The minimum absolute atomic E-state index is 0.0874. The molecule has 9 nitrogen and oxygen atoms in total. The van der Waals surface area contributed by atoms with E-state index in [0.29, 0.717) is 41.7 Å². The molecule has 0 saturated carbocycles. The largest absolute Gasteiger partial charge is 0.476 e. The van der Waals surface area contributed by atoms with Crippen LogP contribution in [0.1, 0.15) is 39.5 Å². The van der Waals surface area contributed by atoms with Crippen LogP contribution in [0, 0.1) is 5.92 Å². The van der Waals surface area contributed by atoms with E-state index in [1.165, 1.54) is 22.1 Å². The number of piperidine rings is 1. The summed E-state index contributed by atoms with van der Waals surface area (Å²) in [6, 6.07) is 6.57. The minimum Gasteiger partial charge on any atom is -0.476 e. The summed E-state index contributed by atoms with van der Waals surface area (Å²) in [6.45, 7) is 1.20. The van der Waals surface area contributed by atoms with Gasteiger partial charge in [0.15, 0.2) is 11.5 Å². The van der Waals surface area contributed by atoms with E-state index in [2.05, 4.69) is 10.3 Å². The number of aromatic carboxylic acids is 1. The highest BCUT2D eigenvalue weighted by Gasteiger charge is 2.27. The van der Waals surface area contributed by atoms with Gasteiger partial charge in [-0.25, -0.2) is 4.79 Å². The van der Waals surface area contributed by atoms with Gasteiger partial charge in [0.05, 0.1) is 15.8 Å². The maximum Gasteiger partial charge on any atom is 0.356 e. The Morgan fingerprint density at radius 3 is 2.67 bits per heavy atom. The standard InChI is InChI=1S/C19H19ClN4O5S/c20-17-2-1-16(30-17)15-7-12(22-29-15)9-24-14(8-13(21-24)19(27)28)18(26)23-5-3-11(10-25)4-6-23/h1-2,7-8,11,25H,3-6,9-10H2,(H,27,28). The van der Waals surface area contributed by atoms with Crippen molar-refractivity contribution in [1.82, 2.24) is 19.8 Å². The van der Waals surface area contributed by atoms with Gasteiger partial charge in [-0.15, -0.1) is 11.3 Å². The number of thiophene rings is 1. The molecule has 1 amide bonds. The average molecular weight is 451 g/mol. The molecule has 4 rings (SSSR count). The van der Waals surface area contributed by atoms with E-state index in [1.807, 2.05) is 6.07 Å². The van der Waals surface area contributed by atoms with Crippen LogP contribution in [0.2, 0.25) is 4.34 Å². The molecule has 30 heavy (non-hydrogen) atoms. The van der Waals surface area contributed by atoms with E-state index in [0.717, 1.165) is 4.88 Å². The summed E-state index contributed by atoms with van der Waals surface area (Å²) in [7, 11) is 0. The first-order valence-electron chi connectivity index (χ1n) is 9.37. The first-order chi connectivity index (χ1) is 14.4. The number of aliphatic hydroxyl groups excluding tert-OH is 1. The van der Waals surface area contributed by atoms with E-state index in [-0.39, 0.29) is 36.4 Å². The second kappa shape index (κ2) is 8.58. The van der Waals surface area contributed by atoms with Gasteiger partial charge in [0.2, 0.25) is 0 Å². The third-order valence-electron chi connectivity index (χ3n) is 5.06. The van der Waals surface area contributed by atoms with Crippen LogP contribution in [0.5, 0.6) is 0 Å². The Kier molecular flexibility index (Phi) is 5.89. The Morgan fingerprint density at radius 2 is 2.03 bits per heavy atom. The smallest absolute Gasteiger partial charge is 0.356 e. The van der Waals surface area contributed by atoms with Crippen molar-refractivity contribution in [2.24, 2.45) is 5.92 Å². The van der Waals surface area contributed by atoms with Crippen molar-refractivity contribution in [1.29, 1.82) is 0 Å². The van der Waals surface area contributed by atoms with Gasteiger partial charge in [-0.2, -0.15) is 5.10 Å². The van der Waals surface area contributed by atoms with Gasteiger partial charge in [-0.1, -0.05) is 16.8 Å². The first kappa shape index (κ1) is 20.6. The Labute approximate surface area is 180 Å². The molecule has 0 atom stereocenters. The van der Waals surface area contributed by atoms with Crippen molar-refractivity contribution in [2.45, 2.75) is 19.4 Å². The summed E-state index contributed by atoms with van der Waals surface area (Å²) in [5.41, 5.74) is 0.471. The lowest BCUT2D eigenvalue weighted by molar-refractivity contribution is 0.0638. The van der Waals surface area contributed by atoms with E-state index in [4.69, 9.17) is 16.1 Å². The van der Waals surface area contributed by atoms with Crippen molar-refractivity contribution >= 4 is 34.8 Å². The molecular formula is C19H19ClN4O5S. The van der Waals surface area contributed by atoms with Crippen molar-refractivity contribution in [3.05, 3.63) is 45.7 Å². The number of rotatable bonds is 6. The van der Waals surface area contributed by atoms with E-state index in [1.54, 1.807) is 17.0 Å². The number of amides is 1. The number of carbonyl (C=O) groups excluding carboxylic acids is 1. The molecule has 3 aromatic heterocycles. The SMILES string of the molecule is O=C(O)c1cc(C(=O)N2CCC(CO)CC2)n(Cc2cc(-c3ccc(Cl)s3)on2)n1. The molecule has 0 aliphatic carbocycles. The molecule has 158 valence electrons. The molecule has 0 radical (unpaired) electrons. The fraction of sp³-hybridized carbons (Fsp3) is 0.368. The molecule has 0 spiro atoms. The number of aliphatic hydroxyl groups is 1. The predicted molar refractivity (Wildman–Crippen MR) is 109 cm³/mol. The lowest BCUT2D eigenvalue weighted by Gasteiger charge is -2.31. The lowest BCUT2D eigenvalue weighted by Crippen LogP contribution is -2.40. The molecule has 0 aromatic carbocycles.